The minimum absolute atomic E-state index is 0.134. The topological polar surface area (TPSA) is 96.5 Å². The van der Waals surface area contributed by atoms with Crippen LogP contribution in [0.3, 0.4) is 0 Å². The van der Waals surface area contributed by atoms with Crippen molar-refractivity contribution in [2.45, 2.75) is 20.0 Å². The maximum atomic E-state index is 12.7. The molecule has 32 heavy (non-hydrogen) atoms. The SMILES string of the molecule is COc1ccccc1CNC(=O)C(=O)Nc1ccccc1C(=O)NCc1cccc(C)c1. The second-order valence-corrected chi connectivity index (χ2v) is 7.17. The lowest BCUT2D eigenvalue weighted by Gasteiger charge is -2.12. The van der Waals surface area contributed by atoms with Crippen LogP contribution in [-0.4, -0.2) is 24.8 Å². The second-order valence-electron chi connectivity index (χ2n) is 7.17. The van der Waals surface area contributed by atoms with Gasteiger partial charge in [-0.1, -0.05) is 60.2 Å². The largest absolute Gasteiger partial charge is 0.496 e. The van der Waals surface area contributed by atoms with Crippen molar-refractivity contribution < 1.29 is 19.1 Å². The molecule has 7 heteroatoms. The Morgan fingerprint density at radius 2 is 1.56 bits per heavy atom. The van der Waals surface area contributed by atoms with Crippen LogP contribution in [-0.2, 0) is 22.7 Å². The number of hydrogen-bond donors (Lipinski definition) is 3. The molecule has 0 aliphatic heterocycles. The van der Waals surface area contributed by atoms with Crippen molar-refractivity contribution in [1.82, 2.24) is 10.6 Å². The summed E-state index contributed by atoms with van der Waals surface area (Å²) in [5.74, 6) is -1.41. The van der Waals surface area contributed by atoms with Crippen LogP contribution in [0.25, 0.3) is 0 Å². The summed E-state index contributed by atoms with van der Waals surface area (Å²) < 4.78 is 5.24. The van der Waals surface area contributed by atoms with Gasteiger partial charge < -0.3 is 20.7 Å². The molecule has 0 aliphatic rings. The van der Waals surface area contributed by atoms with Crippen LogP contribution >= 0.6 is 0 Å². The molecule has 0 heterocycles. The lowest BCUT2D eigenvalue weighted by Crippen LogP contribution is -2.35. The highest BCUT2D eigenvalue weighted by molar-refractivity contribution is 6.40. The molecular formula is C25H25N3O4. The molecule has 0 aromatic heterocycles. The molecule has 3 aromatic carbocycles. The first-order chi connectivity index (χ1) is 15.5. The third kappa shape index (κ3) is 5.95. The van der Waals surface area contributed by atoms with Gasteiger partial charge in [0.2, 0.25) is 0 Å². The molecule has 3 aromatic rings. The molecule has 0 bridgehead atoms. The Morgan fingerprint density at radius 1 is 0.812 bits per heavy atom. The predicted molar refractivity (Wildman–Crippen MR) is 122 cm³/mol. The van der Waals surface area contributed by atoms with Gasteiger partial charge in [0.1, 0.15) is 5.75 Å². The normalized spacial score (nSPS) is 10.2. The molecule has 0 aliphatic carbocycles. The van der Waals surface area contributed by atoms with Gasteiger partial charge in [-0.15, -0.1) is 0 Å². The molecule has 3 rings (SSSR count). The van der Waals surface area contributed by atoms with Gasteiger partial charge in [-0.25, -0.2) is 0 Å². The average molecular weight is 431 g/mol. The Morgan fingerprint density at radius 3 is 2.34 bits per heavy atom. The number of benzene rings is 3. The van der Waals surface area contributed by atoms with Crippen LogP contribution in [0.1, 0.15) is 27.0 Å². The fraction of sp³-hybridized carbons (Fsp3) is 0.160. The van der Waals surface area contributed by atoms with E-state index in [9.17, 15) is 14.4 Å². The highest BCUT2D eigenvalue weighted by Gasteiger charge is 2.18. The predicted octanol–water partition coefficient (Wildman–Crippen LogP) is 3.19. The molecule has 0 saturated heterocycles. The second kappa shape index (κ2) is 10.8. The molecule has 3 amide bonds. The maximum absolute atomic E-state index is 12.7. The zero-order chi connectivity index (χ0) is 22.9. The molecule has 0 saturated carbocycles. The van der Waals surface area contributed by atoms with E-state index in [-0.39, 0.29) is 23.7 Å². The number of amides is 3. The molecule has 0 atom stereocenters. The number of para-hydroxylation sites is 2. The molecule has 0 spiro atoms. The molecule has 0 fully saturated rings. The van der Waals surface area contributed by atoms with Crippen molar-refractivity contribution in [1.29, 1.82) is 0 Å². The van der Waals surface area contributed by atoms with E-state index < -0.39 is 11.8 Å². The van der Waals surface area contributed by atoms with Crippen LogP contribution in [0.15, 0.2) is 72.8 Å². The quantitative estimate of drug-likeness (QED) is 0.501. The summed E-state index contributed by atoms with van der Waals surface area (Å²) in [6.45, 7) is 2.46. The van der Waals surface area contributed by atoms with Crippen molar-refractivity contribution in [2.75, 3.05) is 12.4 Å². The van der Waals surface area contributed by atoms with Crippen molar-refractivity contribution >= 4 is 23.4 Å². The van der Waals surface area contributed by atoms with Crippen molar-refractivity contribution in [3.63, 3.8) is 0 Å². The number of hydrogen-bond acceptors (Lipinski definition) is 4. The van der Waals surface area contributed by atoms with Gasteiger partial charge in [0, 0.05) is 18.7 Å². The Bertz CT molecular complexity index is 1130. The first-order valence-electron chi connectivity index (χ1n) is 10.1. The average Bonchev–Trinajstić information content (AvgIpc) is 2.81. The van der Waals surface area contributed by atoms with Gasteiger partial charge in [-0.2, -0.15) is 0 Å². The fourth-order valence-corrected chi connectivity index (χ4v) is 3.17. The van der Waals surface area contributed by atoms with E-state index in [2.05, 4.69) is 16.0 Å². The summed E-state index contributed by atoms with van der Waals surface area (Å²) in [6.07, 6.45) is 0. The lowest BCUT2D eigenvalue weighted by atomic mass is 10.1. The minimum Gasteiger partial charge on any atom is -0.496 e. The number of methoxy groups -OCH3 is 1. The molecule has 164 valence electrons. The van der Waals surface area contributed by atoms with E-state index in [1.807, 2.05) is 43.3 Å². The van der Waals surface area contributed by atoms with Crippen molar-refractivity contribution in [2.24, 2.45) is 0 Å². The highest BCUT2D eigenvalue weighted by atomic mass is 16.5. The smallest absolute Gasteiger partial charge is 0.313 e. The molecular weight excluding hydrogens is 406 g/mol. The first-order valence-corrected chi connectivity index (χ1v) is 10.1. The number of anilines is 1. The van der Waals surface area contributed by atoms with Crippen LogP contribution in [0, 0.1) is 6.92 Å². The van der Waals surface area contributed by atoms with Crippen LogP contribution in [0.2, 0.25) is 0 Å². The number of nitrogens with one attached hydrogen (secondary N) is 3. The van der Waals surface area contributed by atoms with Crippen LogP contribution < -0.4 is 20.7 Å². The van der Waals surface area contributed by atoms with Crippen molar-refractivity contribution in [3.05, 3.63) is 95.1 Å². The van der Waals surface area contributed by atoms with E-state index in [0.717, 1.165) is 16.7 Å². The number of aryl methyl sites for hydroxylation is 1. The zero-order valence-corrected chi connectivity index (χ0v) is 18.0. The summed E-state index contributed by atoms with van der Waals surface area (Å²) in [6, 6.07) is 21.6. The molecule has 0 radical (unpaired) electrons. The Kier molecular flexibility index (Phi) is 7.59. The third-order valence-corrected chi connectivity index (χ3v) is 4.79. The van der Waals surface area contributed by atoms with Crippen molar-refractivity contribution in [3.8, 4) is 5.75 Å². The van der Waals surface area contributed by atoms with E-state index in [1.54, 1.807) is 36.4 Å². The first kappa shape index (κ1) is 22.6. The summed E-state index contributed by atoms with van der Waals surface area (Å²) in [5.41, 5.74) is 3.34. The van der Waals surface area contributed by atoms with E-state index in [4.69, 9.17) is 4.74 Å². The number of carbonyl (C=O) groups excluding carboxylic acids is 3. The van der Waals surface area contributed by atoms with Gasteiger partial charge >= 0.3 is 11.8 Å². The van der Waals surface area contributed by atoms with E-state index in [1.165, 1.54) is 7.11 Å². The van der Waals surface area contributed by atoms with Gasteiger partial charge in [0.15, 0.2) is 0 Å². The number of ether oxygens (including phenoxy) is 1. The van der Waals surface area contributed by atoms with Crippen LogP contribution in [0.5, 0.6) is 5.75 Å². The highest BCUT2D eigenvalue weighted by Crippen LogP contribution is 2.17. The maximum Gasteiger partial charge on any atom is 0.313 e. The lowest BCUT2D eigenvalue weighted by molar-refractivity contribution is -0.136. The van der Waals surface area contributed by atoms with Gasteiger partial charge in [-0.3, -0.25) is 14.4 Å². The van der Waals surface area contributed by atoms with Gasteiger partial charge in [-0.05, 0) is 30.7 Å². The summed E-state index contributed by atoms with van der Waals surface area (Å²) in [7, 11) is 1.54. The molecule has 3 N–H and O–H groups in total. The minimum atomic E-state index is -0.862. The monoisotopic (exact) mass is 431 g/mol. The Balaban J connectivity index is 1.61. The summed E-state index contributed by atoms with van der Waals surface area (Å²) in [5, 5.41) is 7.92. The third-order valence-electron chi connectivity index (χ3n) is 4.79. The summed E-state index contributed by atoms with van der Waals surface area (Å²) >= 11 is 0. The van der Waals surface area contributed by atoms with Gasteiger partial charge in [0.05, 0.1) is 18.4 Å². The Hall–Kier alpha value is -4.13. The summed E-state index contributed by atoms with van der Waals surface area (Å²) in [4.78, 5) is 37.4. The number of rotatable bonds is 7. The molecule has 0 unspecified atom stereocenters. The number of carbonyl (C=O) groups is 3. The standard InChI is InChI=1S/C25H25N3O4/c1-17-8-7-9-18(14-17)15-26-23(29)20-11-4-5-12-21(20)28-25(31)24(30)27-16-19-10-3-6-13-22(19)32-2/h3-14H,15-16H2,1-2H3,(H,26,29)(H,27,30)(H,28,31). The molecule has 7 nitrogen and oxygen atoms in total. The van der Waals surface area contributed by atoms with Crippen LogP contribution in [0.4, 0.5) is 5.69 Å². The zero-order valence-electron chi connectivity index (χ0n) is 18.0. The fourth-order valence-electron chi connectivity index (χ4n) is 3.17. The van der Waals surface area contributed by atoms with Gasteiger partial charge in [0.25, 0.3) is 5.91 Å². The van der Waals surface area contributed by atoms with E-state index >= 15 is 0 Å². The Labute approximate surface area is 186 Å². The van der Waals surface area contributed by atoms with E-state index in [0.29, 0.717) is 12.3 Å².